The third kappa shape index (κ3) is 3.00. The van der Waals surface area contributed by atoms with E-state index in [0.717, 1.165) is 11.3 Å². The van der Waals surface area contributed by atoms with Gasteiger partial charge < -0.3 is 4.90 Å². The quantitative estimate of drug-likeness (QED) is 0.774. The van der Waals surface area contributed by atoms with Crippen LogP contribution in [0.3, 0.4) is 0 Å². The molecule has 0 saturated carbocycles. The zero-order valence-electron chi connectivity index (χ0n) is 13.4. The normalized spacial score (nSPS) is 24.6. The summed E-state index contributed by atoms with van der Waals surface area (Å²) in [4.78, 5) is 16.3. The molecule has 2 amide bonds. The number of anilines is 1. The predicted octanol–water partition coefficient (Wildman–Crippen LogP) is 2.95. The van der Waals surface area contributed by atoms with E-state index in [-0.39, 0.29) is 29.6 Å². The van der Waals surface area contributed by atoms with Crippen LogP contribution in [0.4, 0.5) is 10.5 Å². The molecule has 4 rings (SSSR count). The number of hydrogen-bond acceptors (Lipinski definition) is 3. The second-order valence-corrected chi connectivity index (χ2v) is 9.04. The minimum absolute atomic E-state index is 0.00934. The molecule has 2 fully saturated rings. The van der Waals surface area contributed by atoms with E-state index in [1.54, 1.807) is 21.9 Å². The summed E-state index contributed by atoms with van der Waals surface area (Å²) in [6.07, 6.45) is 0. The minimum atomic E-state index is -3.16. The molecule has 2 heterocycles. The molecule has 5 nitrogen and oxygen atoms in total. The maximum atomic E-state index is 13.0. The Kier molecular flexibility index (Phi) is 3.96. The molecule has 2 saturated heterocycles. The number of urea groups is 1. The monoisotopic (exact) mass is 376 g/mol. The number of rotatable bonds is 3. The molecule has 2 aliphatic rings. The van der Waals surface area contributed by atoms with Crippen LogP contribution in [0.2, 0.25) is 5.02 Å². The van der Waals surface area contributed by atoms with E-state index in [4.69, 9.17) is 11.6 Å². The molecule has 2 unspecified atom stereocenters. The number of halogens is 1. The Morgan fingerprint density at radius 2 is 1.60 bits per heavy atom. The van der Waals surface area contributed by atoms with E-state index >= 15 is 0 Å². The molecular weight excluding hydrogens is 360 g/mol. The van der Waals surface area contributed by atoms with Crippen LogP contribution >= 0.6 is 11.6 Å². The number of nitrogens with zero attached hydrogens (tertiary/aromatic N) is 2. The lowest BCUT2D eigenvalue weighted by Crippen LogP contribution is -2.37. The van der Waals surface area contributed by atoms with Crippen LogP contribution in [0, 0.1) is 0 Å². The van der Waals surface area contributed by atoms with Crippen LogP contribution in [0.15, 0.2) is 54.6 Å². The van der Waals surface area contributed by atoms with Crippen molar-refractivity contribution in [2.75, 3.05) is 16.4 Å². The summed E-state index contributed by atoms with van der Waals surface area (Å²) in [6, 6.07) is 15.7. The second-order valence-electron chi connectivity index (χ2n) is 6.45. The third-order valence-corrected chi connectivity index (χ3v) is 6.73. The van der Waals surface area contributed by atoms with Gasteiger partial charge in [-0.05, 0) is 29.8 Å². The standard InChI is InChI=1S/C18H17ClN2O3S/c19-14-8-6-13(7-9-14)10-20-16-11-25(23,24)12-17(16)21(18(20)22)15-4-2-1-3-5-15/h1-9,16-17H,10-12H2. The fraction of sp³-hybridized carbons (Fsp3) is 0.278. The summed E-state index contributed by atoms with van der Waals surface area (Å²) in [5, 5.41) is 0.628. The molecular formula is C18H17ClN2O3S. The summed E-state index contributed by atoms with van der Waals surface area (Å²) in [6.45, 7) is 0.371. The minimum Gasteiger partial charge on any atom is -0.314 e. The van der Waals surface area contributed by atoms with Gasteiger partial charge in [-0.2, -0.15) is 0 Å². The predicted molar refractivity (Wildman–Crippen MR) is 97.5 cm³/mol. The van der Waals surface area contributed by atoms with Crippen molar-refractivity contribution in [1.82, 2.24) is 4.90 Å². The summed E-state index contributed by atoms with van der Waals surface area (Å²) >= 11 is 5.92. The molecule has 7 heteroatoms. The highest BCUT2D eigenvalue weighted by Gasteiger charge is 2.53. The molecule has 0 spiro atoms. The van der Waals surface area contributed by atoms with Crippen molar-refractivity contribution in [1.29, 1.82) is 0 Å². The third-order valence-electron chi connectivity index (χ3n) is 4.78. The van der Waals surface area contributed by atoms with Crippen LogP contribution in [-0.4, -0.2) is 42.9 Å². The Morgan fingerprint density at radius 3 is 2.28 bits per heavy atom. The first kappa shape index (κ1) is 16.4. The van der Waals surface area contributed by atoms with Gasteiger partial charge >= 0.3 is 6.03 Å². The largest absolute Gasteiger partial charge is 0.325 e. The first-order valence-corrected chi connectivity index (χ1v) is 10.2. The fourth-order valence-corrected chi connectivity index (χ4v) is 5.71. The molecule has 2 aliphatic heterocycles. The lowest BCUT2D eigenvalue weighted by molar-refractivity contribution is 0.206. The number of para-hydroxylation sites is 1. The van der Waals surface area contributed by atoms with Gasteiger partial charge in [-0.15, -0.1) is 0 Å². The Balaban J connectivity index is 1.69. The number of fused-ring (bicyclic) bond motifs is 1. The highest BCUT2D eigenvalue weighted by molar-refractivity contribution is 7.91. The van der Waals surface area contributed by atoms with Crippen LogP contribution in [0.25, 0.3) is 0 Å². The van der Waals surface area contributed by atoms with E-state index in [9.17, 15) is 13.2 Å². The van der Waals surface area contributed by atoms with Crippen LogP contribution in [0.1, 0.15) is 5.56 Å². The van der Waals surface area contributed by atoms with Crippen LogP contribution in [-0.2, 0) is 16.4 Å². The molecule has 0 N–H and O–H groups in total. The number of carbonyl (C=O) groups excluding carboxylic acids is 1. The Labute approximate surface area is 151 Å². The maximum absolute atomic E-state index is 13.0. The lowest BCUT2D eigenvalue weighted by Gasteiger charge is -2.22. The Bertz CT molecular complexity index is 900. The van der Waals surface area contributed by atoms with Gasteiger partial charge in [0.1, 0.15) is 0 Å². The van der Waals surface area contributed by atoms with Crippen molar-refractivity contribution in [3.8, 4) is 0 Å². The van der Waals surface area contributed by atoms with Crippen molar-refractivity contribution in [3.05, 3.63) is 65.2 Å². The van der Waals surface area contributed by atoms with Gasteiger partial charge in [0.25, 0.3) is 0 Å². The average molecular weight is 377 g/mol. The van der Waals surface area contributed by atoms with Crippen LogP contribution in [0.5, 0.6) is 0 Å². The van der Waals surface area contributed by atoms with Crippen molar-refractivity contribution in [2.45, 2.75) is 18.6 Å². The zero-order chi connectivity index (χ0) is 17.6. The fourth-order valence-electron chi connectivity index (χ4n) is 3.64. The molecule has 0 aromatic heterocycles. The molecule has 2 aromatic rings. The molecule has 25 heavy (non-hydrogen) atoms. The van der Waals surface area contributed by atoms with E-state index in [1.165, 1.54) is 0 Å². The van der Waals surface area contributed by atoms with Gasteiger partial charge in [0.05, 0.1) is 23.6 Å². The van der Waals surface area contributed by atoms with Gasteiger partial charge in [0.15, 0.2) is 9.84 Å². The molecule has 2 aromatic carbocycles. The second kappa shape index (κ2) is 6.04. The summed E-state index contributed by atoms with van der Waals surface area (Å²) in [7, 11) is -3.16. The molecule has 2 atom stereocenters. The van der Waals surface area contributed by atoms with Crippen molar-refractivity contribution < 1.29 is 13.2 Å². The van der Waals surface area contributed by atoms with E-state index < -0.39 is 9.84 Å². The zero-order valence-corrected chi connectivity index (χ0v) is 14.9. The molecule has 130 valence electrons. The average Bonchev–Trinajstić information content (AvgIpc) is 3.01. The van der Waals surface area contributed by atoms with E-state index in [2.05, 4.69) is 0 Å². The van der Waals surface area contributed by atoms with Gasteiger partial charge in [0.2, 0.25) is 0 Å². The van der Waals surface area contributed by atoms with Crippen molar-refractivity contribution in [3.63, 3.8) is 0 Å². The number of sulfone groups is 1. The van der Waals surface area contributed by atoms with Gasteiger partial charge in [-0.25, -0.2) is 13.2 Å². The lowest BCUT2D eigenvalue weighted by atomic mass is 10.1. The summed E-state index contributed by atoms with van der Waals surface area (Å²) in [5.74, 6) is 0.0236. The van der Waals surface area contributed by atoms with E-state index in [0.29, 0.717) is 11.6 Å². The summed E-state index contributed by atoms with van der Waals surface area (Å²) in [5.41, 5.74) is 1.66. The topological polar surface area (TPSA) is 57.7 Å². The Hall–Kier alpha value is -2.05. The highest BCUT2D eigenvalue weighted by Crippen LogP contribution is 2.35. The summed E-state index contributed by atoms with van der Waals surface area (Å²) < 4.78 is 24.4. The van der Waals surface area contributed by atoms with Crippen molar-refractivity contribution in [2.24, 2.45) is 0 Å². The maximum Gasteiger partial charge on any atom is 0.325 e. The van der Waals surface area contributed by atoms with Crippen LogP contribution < -0.4 is 4.90 Å². The number of amides is 2. The Morgan fingerprint density at radius 1 is 0.960 bits per heavy atom. The number of benzene rings is 2. The van der Waals surface area contributed by atoms with Gasteiger partial charge in [-0.3, -0.25) is 4.90 Å². The highest BCUT2D eigenvalue weighted by atomic mass is 35.5. The molecule has 0 radical (unpaired) electrons. The van der Waals surface area contributed by atoms with Gasteiger partial charge in [-0.1, -0.05) is 41.9 Å². The van der Waals surface area contributed by atoms with Gasteiger partial charge in [0, 0.05) is 17.3 Å². The SMILES string of the molecule is O=C1N(Cc2ccc(Cl)cc2)C2CS(=O)(=O)CC2N1c1ccccc1. The first-order chi connectivity index (χ1) is 11.9. The molecule has 0 aliphatic carbocycles. The number of hydrogen-bond donors (Lipinski definition) is 0. The van der Waals surface area contributed by atoms with Crippen molar-refractivity contribution >= 4 is 33.2 Å². The smallest absolute Gasteiger partial charge is 0.314 e. The first-order valence-electron chi connectivity index (χ1n) is 8.04. The van der Waals surface area contributed by atoms with E-state index in [1.807, 2.05) is 42.5 Å². The number of carbonyl (C=O) groups is 1. The molecule has 0 bridgehead atoms.